The molecule has 2 amide bonds. The maximum Gasteiger partial charge on any atom is 0.244 e. The number of halogens is 1. The topological polar surface area (TPSA) is 58.2 Å². The van der Waals surface area contributed by atoms with Crippen molar-refractivity contribution in [3.8, 4) is 0 Å². The number of rotatable bonds is 5. The highest BCUT2D eigenvalue weighted by atomic mass is 19.1. The Hall–Kier alpha value is -2.17. The van der Waals surface area contributed by atoms with E-state index in [0.29, 0.717) is 5.56 Å². The van der Waals surface area contributed by atoms with Crippen molar-refractivity contribution in [3.63, 3.8) is 0 Å². The van der Waals surface area contributed by atoms with Crippen LogP contribution >= 0.6 is 0 Å². The zero-order chi connectivity index (χ0) is 14.3. The molecule has 0 bridgehead atoms. The molecular weight excluding hydrogens is 247 g/mol. The zero-order valence-corrected chi connectivity index (χ0v) is 10.9. The van der Waals surface area contributed by atoms with Gasteiger partial charge in [0.05, 0.1) is 6.54 Å². The molecule has 0 aliphatic heterocycles. The Kier molecular flexibility index (Phi) is 5.73. The normalized spacial score (nSPS) is 10.7. The Morgan fingerprint density at radius 2 is 1.89 bits per heavy atom. The van der Waals surface area contributed by atoms with Crippen LogP contribution in [0.5, 0.6) is 0 Å². The van der Waals surface area contributed by atoms with E-state index in [1.54, 1.807) is 18.2 Å². The number of amides is 2. The van der Waals surface area contributed by atoms with Crippen molar-refractivity contribution in [2.75, 3.05) is 6.54 Å². The van der Waals surface area contributed by atoms with Gasteiger partial charge in [0.1, 0.15) is 5.82 Å². The van der Waals surface area contributed by atoms with Gasteiger partial charge in [0, 0.05) is 12.1 Å². The second-order valence-electron chi connectivity index (χ2n) is 4.32. The summed E-state index contributed by atoms with van der Waals surface area (Å²) in [5, 5.41) is 5.12. The van der Waals surface area contributed by atoms with Crippen LogP contribution in [0.2, 0.25) is 0 Å². The van der Waals surface area contributed by atoms with Crippen LogP contribution in [-0.2, 0) is 9.59 Å². The van der Waals surface area contributed by atoms with Gasteiger partial charge in [-0.1, -0.05) is 12.1 Å². The molecular formula is C14H17FN2O2. The lowest BCUT2D eigenvalue weighted by molar-refractivity contribution is -0.124. The van der Waals surface area contributed by atoms with E-state index in [1.165, 1.54) is 18.2 Å². The highest BCUT2D eigenvalue weighted by Crippen LogP contribution is 2.04. The van der Waals surface area contributed by atoms with Gasteiger partial charge >= 0.3 is 0 Å². The molecule has 1 aromatic carbocycles. The second kappa shape index (κ2) is 7.31. The SMILES string of the molecule is CC(C)NC(=O)CNC(=O)/C=C/c1ccc(F)cc1. The Labute approximate surface area is 111 Å². The number of nitrogens with one attached hydrogen (secondary N) is 2. The lowest BCUT2D eigenvalue weighted by Crippen LogP contribution is -2.39. The molecule has 0 heterocycles. The molecule has 0 unspecified atom stereocenters. The Morgan fingerprint density at radius 1 is 1.26 bits per heavy atom. The van der Waals surface area contributed by atoms with Crippen LogP contribution in [-0.4, -0.2) is 24.4 Å². The van der Waals surface area contributed by atoms with Gasteiger partial charge in [-0.2, -0.15) is 0 Å². The summed E-state index contributed by atoms with van der Waals surface area (Å²) in [6.45, 7) is 3.62. The average molecular weight is 264 g/mol. The number of carbonyl (C=O) groups excluding carboxylic acids is 2. The fourth-order valence-electron chi connectivity index (χ4n) is 1.35. The van der Waals surface area contributed by atoms with Crippen LogP contribution in [0.15, 0.2) is 30.3 Å². The van der Waals surface area contributed by atoms with Crippen molar-refractivity contribution in [1.82, 2.24) is 10.6 Å². The van der Waals surface area contributed by atoms with Crippen molar-refractivity contribution in [1.29, 1.82) is 0 Å². The lowest BCUT2D eigenvalue weighted by atomic mass is 10.2. The van der Waals surface area contributed by atoms with E-state index in [0.717, 1.165) is 0 Å². The van der Waals surface area contributed by atoms with Crippen LogP contribution in [0, 0.1) is 5.82 Å². The van der Waals surface area contributed by atoms with Gasteiger partial charge in [-0.15, -0.1) is 0 Å². The standard InChI is InChI=1S/C14H17FN2O2/c1-10(2)17-14(19)9-16-13(18)8-5-11-3-6-12(15)7-4-11/h3-8,10H,9H2,1-2H3,(H,16,18)(H,17,19)/b8-5+. The summed E-state index contributed by atoms with van der Waals surface area (Å²) in [5.74, 6) is -0.936. The van der Waals surface area contributed by atoms with Gasteiger partial charge in [-0.05, 0) is 37.6 Å². The molecule has 1 rings (SSSR count). The first-order valence-electron chi connectivity index (χ1n) is 5.98. The molecule has 0 fully saturated rings. The minimum Gasteiger partial charge on any atom is -0.352 e. The molecule has 0 radical (unpaired) electrons. The number of carbonyl (C=O) groups is 2. The third-order valence-corrected chi connectivity index (χ3v) is 2.17. The van der Waals surface area contributed by atoms with Crippen LogP contribution in [0.25, 0.3) is 6.08 Å². The first-order valence-corrected chi connectivity index (χ1v) is 5.98. The molecule has 0 saturated heterocycles. The van der Waals surface area contributed by atoms with E-state index in [-0.39, 0.29) is 30.2 Å². The van der Waals surface area contributed by atoms with Gasteiger partial charge in [0.15, 0.2) is 0 Å². The van der Waals surface area contributed by atoms with Crippen LogP contribution in [0.1, 0.15) is 19.4 Å². The van der Waals surface area contributed by atoms with E-state index in [2.05, 4.69) is 10.6 Å². The molecule has 102 valence electrons. The Balaban J connectivity index is 2.39. The van der Waals surface area contributed by atoms with Crippen molar-refractivity contribution < 1.29 is 14.0 Å². The number of hydrogen-bond acceptors (Lipinski definition) is 2. The minimum absolute atomic E-state index is 0.0409. The lowest BCUT2D eigenvalue weighted by Gasteiger charge is -2.07. The third kappa shape index (κ3) is 6.35. The van der Waals surface area contributed by atoms with E-state index in [9.17, 15) is 14.0 Å². The third-order valence-electron chi connectivity index (χ3n) is 2.17. The van der Waals surface area contributed by atoms with Crippen LogP contribution < -0.4 is 10.6 Å². The molecule has 0 aliphatic rings. The number of hydrogen-bond donors (Lipinski definition) is 2. The van der Waals surface area contributed by atoms with Crippen LogP contribution in [0.4, 0.5) is 4.39 Å². The molecule has 0 atom stereocenters. The first-order chi connectivity index (χ1) is 8.97. The molecule has 0 aromatic heterocycles. The van der Waals surface area contributed by atoms with Crippen molar-refractivity contribution in [2.24, 2.45) is 0 Å². The zero-order valence-electron chi connectivity index (χ0n) is 10.9. The fourth-order valence-corrected chi connectivity index (χ4v) is 1.35. The summed E-state index contributed by atoms with van der Waals surface area (Å²) in [6.07, 6.45) is 2.85. The summed E-state index contributed by atoms with van der Waals surface area (Å²) < 4.78 is 12.7. The Bertz CT molecular complexity index is 467. The monoisotopic (exact) mass is 264 g/mol. The summed E-state index contributed by atoms with van der Waals surface area (Å²) in [7, 11) is 0. The van der Waals surface area contributed by atoms with Crippen LogP contribution in [0.3, 0.4) is 0 Å². The minimum atomic E-state index is -0.372. The summed E-state index contributed by atoms with van der Waals surface area (Å²) in [5.41, 5.74) is 0.711. The largest absolute Gasteiger partial charge is 0.352 e. The summed E-state index contributed by atoms with van der Waals surface area (Å²) >= 11 is 0. The molecule has 19 heavy (non-hydrogen) atoms. The molecule has 0 aliphatic carbocycles. The van der Waals surface area contributed by atoms with Gasteiger partial charge < -0.3 is 10.6 Å². The maximum absolute atomic E-state index is 12.7. The van der Waals surface area contributed by atoms with Crippen molar-refractivity contribution in [3.05, 3.63) is 41.7 Å². The Morgan fingerprint density at radius 3 is 2.47 bits per heavy atom. The van der Waals surface area contributed by atoms with Gasteiger partial charge in [-0.3, -0.25) is 9.59 Å². The molecule has 0 saturated carbocycles. The van der Waals surface area contributed by atoms with Gasteiger partial charge in [-0.25, -0.2) is 4.39 Å². The van der Waals surface area contributed by atoms with E-state index < -0.39 is 0 Å². The predicted molar refractivity (Wildman–Crippen MR) is 71.7 cm³/mol. The van der Waals surface area contributed by atoms with Crippen molar-refractivity contribution in [2.45, 2.75) is 19.9 Å². The van der Waals surface area contributed by atoms with Gasteiger partial charge in [0.2, 0.25) is 11.8 Å². The fraction of sp³-hybridized carbons (Fsp3) is 0.286. The van der Waals surface area contributed by atoms with E-state index in [1.807, 2.05) is 13.8 Å². The summed E-state index contributed by atoms with van der Waals surface area (Å²) in [6, 6.07) is 5.79. The average Bonchev–Trinajstić information content (AvgIpc) is 2.35. The maximum atomic E-state index is 12.7. The quantitative estimate of drug-likeness (QED) is 0.791. The number of benzene rings is 1. The molecule has 1 aromatic rings. The smallest absolute Gasteiger partial charge is 0.244 e. The predicted octanol–water partition coefficient (Wildman–Crippen LogP) is 1.48. The van der Waals surface area contributed by atoms with E-state index >= 15 is 0 Å². The second-order valence-corrected chi connectivity index (χ2v) is 4.32. The first kappa shape index (κ1) is 14.9. The molecule has 0 spiro atoms. The molecule has 4 nitrogen and oxygen atoms in total. The molecule has 5 heteroatoms. The molecule has 2 N–H and O–H groups in total. The van der Waals surface area contributed by atoms with E-state index in [4.69, 9.17) is 0 Å². The van der Waals surface area contributed by atoms with Crippen molar-refractivity contribution >= 4 is 17.9 Å². The highest BCUT2D eigenvalue weighted by Gasteiger charge is 2.03. The summed E-state index contributed by atoms with van der Waals surface area (Å²) in [4.78, 5) is 22.7. The van der Waals surface area contributed by atoms with Gasteiger partial charge in [0.25, 0.3) is 0 Å². The highest BCUT2D eigenvalue weighted by molar-refractivity contribution is 5.94.